The van der Waals surface area contributed by atoms with Gasteiger partial charge in [0.2, 0.25) is 0 Å². The number of hydrogen-bond acceptors (Lipinski definition) is 4. The van der Waals surface area contributed by atoms with Crippen LogP contribution in [0.3, 0.4) is 0 Å². The molecule has 0 fully saturated rings. The number of aromatic nitrogens is 4. The summed E-state index contributed by atoms with van der Waals surface area (Å²) in [7, 11) is 0. The number of aryl methyl sites for hydroxylation is 2. The highest BCUT2D eigenvalue weighted by molar-refractivity contribution is 7.19. The molecule has 22 heavy (non-hydrogen) atoms. The molecule has 1 aromatic carbocycles. The van der Waals surface area contributed by atoms with Gasteiger partial charge in [-0.25, -0.2) is 18.9 Å². The first-order valence-electron chi connectivity index (χ1n) is 7.21. The highest BCUT2D eigenvalue weighted by Crippen LogP contribution is 2.38. The molecule has 0 unspecified atom stereocenters. The molecule has 0 radical (unpaired) electrons. The van der Waals surface area contributed by atoms with Crippen LogP contribution < -0.4 is 0 Å². The Morgan fingerprint density at radius 3 is 2.86 bits per heavy atom. The Morgan fingerprint density at radius 2 is 2.00 bits per heavy atom. The standard InChI is InChI=1S/C16H11FN4S/c17-10-6-4-9(5-7-10)14-19-15-13-11-2-1-3-12(11)22-16(13)18-8-21(15)20-14/h4-8H,1-3H2. The molecule has 5 rings (SSSR count). The van der Waals surface area contributed by atoms with Gasteiger partial charge in [-0.15, -0.1) is 16.4 Å². The summed E-state index contributed by atoms with van der Waals surface area (Å²) in [6.07, 6.45) is 5.15. The van der Waals surface area contributed by atoms with Gasteiger partial charge in [-0.3, -0.25) is 0 Å². The second-order valence-corrected chi connectivity index (χ2v) is 6.58. The van der Waals surface area contributed by atoms with Crippen LogP contribution in [0, 0.1) is 5.82 Å². The van der Waals surface area contributed by atoms with E-state index in [-0.39, 0.29) is 5.82 Å². The Bertz CT molecular complexity index is 1020. The van der Waals surface area contributed by atoms with E-state index in [4.69, 9.17) is 0 Å². The minimum atomic E-state index is -0.257. The van der Waals surface area contributed by atoms with E-state index >= 15 is 0 Å². The van der Waals surface area contributed by atoms with Gasteiger partial charge in [-0.2, -0.15) is 0 Å². The maximum Gasteiger partial charge on any atom is 0.182 e. The van der Waals surface area contributed by atoms with Crippen molar-refractivity contribution in [1.29, 1.82) is 0 Å². The normalized spacial score (nSPS) is 14.0. The lowest BCUT2D eigenvalue weighted by Gasteiger charge is -1.95. The average molecular weight is 310 g/mol. The number of benzene rings is 1. The van der Waals surface area contributed by atoms with Gasteiger partial charge in [0.1, 0.15) is 17.0 Å². The molecule has 0 N–H and O–H groups in total. The van der Waals surface area contributed by atoms with Crippen molar-refractivity contribution < 1.29 is 4.39 Å². The molecule has 0 spiro atoms. The molecule has 0 saturated heterocycles. The Balaban J connectivity index is 1.79. The van der Waals surface area contributed by atoms with Gasteiger partial charge in [0.15, 0.2) is 11.5 Å². The average Bonchev–Trinajstić information content (AvgIpc) is 3.19. The third kappa shape index (κ3) is 1.64. The second kappa shape index (κ2) is 4.33. The highest BCUT2D eigenvalue weighted by Gasteiger charge is 2.22. The summed E-state index contributed by atoms with van der Waals surface area (Å²) in [5.74, 6) is 0.347. The zero-order chi connectivity index (χ0) is 14.7. The number of hydrogen-bond donors (Lipinski definition) is 0. The molecule has 6 heteroatoms. The summed E-state index contributed by atoms with van der Waals surface area (Å²) in [5.41, 5.74) is 3.05. The first-order chi connectivity index (χ1) is 10.8. The van der Waals surface area contributed by atoms with Crippen LogP contribution in [-0.4, -0.2) is 19.6 Å². The summed E-state index contributed by atoms with van der Waals surface area (Å²) in [6.45, 7) is 0. The summed E-state index contributed by atoms with van der Waals surface area (Å²) < 4.78 is 14.8. The Morgan fingerprint density at radius 1 is 1.14 bits per heavy atom. The molecular formula is C16H11FN4S. The Labute approximate surface area is 129 Å². The van der Waals surface area contributed by atoms with Crippen LogP contribution in [0.25, 0.3) is 27.3 Å². The first kappa shape index (κ1) is 12.2. The van der Waals surface area contributed by atoms with Crippen molar-refractivity contribution in [3.8, 4) is 11.4 Å². The van der Waals surface area contributed by atoms with E-state index in [9.17, 15) is 4.39 Å². The van der Waals surface area contributed by atoms with Crippen molar-refractivity contribution >= 4 is 27.2 Å². The number of nitrogens with zero attached hydrogens (tertiary/aromatic N) is 4. The predicted molar refractivity (Wildman–Crippen MR) is 83.6 cm³/mol. The third-order valence-electron chi connectivity index (χ3n) is 4.14. The van der Waals surface area contributed by atoms with Gasteiger partial charge in [-0.1, -0.05) is 0 Å². The van der Waals surface area contributed by atoms with Gasteiger partial charge >= 0.3 is 0 Å². The summed E-state index contributed by atoms with van der Waals surface area (Å²) in [5, 5.41) is 5.63. The Kier molecular flexibility index (Phi) is 2.41. The number of fused-ring (bicyclic) bond motifs is 5. The fourth-order valence-electron chi connectivity index (χ4n) is 3.11. The van der Waals surface area contributed by atoms with E-state index in [0.29, 0.717) is 5.82 Å². The van der Waals surface area contributed by atoms with Gasteiger partial charge in [0.05, 0.1) is 5.39 Å². The maximum absolute atomic E-state index is 13.1. The minimum Gasteiger partial charge on any atom is -0.225 e. The lowest BCUT2D eigenvalue weighted by molar-refractivity contribution is 0.628. The van der Waals surface area contributed by atoms with Crippen molar-refractivity contribution in [2.75, 3.05) is 0 Å². The SMILES string of the molecule is Fc1ccc(-c2nc3c4c5c(sc4ncn3n2)CCC5)cc1. The first-order valence-corrected chi connectivity index (χ1v) is 8.03. The predicted octanol–water partition coefficient (Wildman–Crippen LogP) is 3.63. The van der Waals surface area contributed by atoms with Crippen LogP contribution in [0.1, 0.15) is 16.9 Å². The van der Waals surface area contributed by atoms with E-state index in [0.717, 1.165) is 34.3 Å². The molecule has 1 aliphatic rings. The molecule has 3 aromatic heterocycles. The Hall–Kier alpha value is -2.34. The summed E-state index contributed by atoms with van der Waals surface area (Å²) in [6, 6.07) is 6.26. The molecular weight excluding hydrogens is 299 g/mol. The molecule has 0 bridgehead atoms. The van der Waals surface area contributed by atoms with Crippen LogP contribution in [-0.2, 0) is 12.8 Å². The molecule has 0 atom stereocenters. The van der Waals surface area contributed by atoms with E-state index in [1.54, 1.807) is 34.3 Å². The summed E-state index contributed by atoms with van der Waals surface area (Å²) >= 11 is 1.77. The fourth-order valence-corrected chi connectivity index (χ4v) is 4.34. The molecule has 0 aliphatic heterocycles. The zero-order valence-corrected chi connectivity index (χ0v) is 12.4. The number of halogens is 1. The van der Waals surface area contributed by atoms with Crippen LogP contribution in [0.4, 0.5) is 4.39 Å². The van der Waals surface area contributed by atoms with E-state index in [1.807, 2.05) is 0 Å². The van der Waals surface area contributed by atoms with Crippen LogP contribution in [0.2, 0.25) is 0 Å². The fraction of sp³-hybridized carbons (Fsp3) is 0.188. The number of thiophene rings is 1. The molecule has 4 nitrogen and oxygen atoms in total. The van der Waals surface area contributed by atoms with Crippen molar-refractivity contribution in [3.63, 3.8) is 0 Å². The van der Waals surface area contributed by atoms with Gasteiger partial charge in [0, 0.05) is 10.4 Å². The monoisotopic (exact) mass is 310 g/mol. The quantitative estimate of drug-likeness (QED) is 0.539. The van der Waals surface area contributed by atoms with Crippen molar-refractivity contribution in [3.05, 3.63) is 46.9 Å². The lowest BCUT2D eigenvalue weighted by atomic mass is 10.2. The van der Waals surface area contributed by atoms with Crippen LogP contribution in [0.5, 0.6) is 0 Å². The van der Waals surface area contributed by atoms with Crippen LogP contribution in [0.15, 0.2) is 30.6 Å². The molecule has 4 aromatic rings. The van der Waals surface area contributed by atoms with Crippen molar-refractivity contribution in [2.24, 2.45) is 0 Å². The van der Waals surface area contributed by atoms with Crippen molar-refractivity contribution in [1.82, 2.24) is 19.6 Å². The third-order valence-corrected chi connectivity index (χ3v) is 5.34. The zero-order valence-electron chi connectivity index (χ0n) is 11.6. The molecule has 108 valence electrons. The van der Waals surface area contributed by atoms with Gasteiger partial charge in [0.25, 0.3) is 0 Å². The lowest BCUT2D eigenvalue weighted by Crippen LogP contribution is -1.90. The smallest absolute Gasteiger partial charge is 0.182 e. The largest absolute Gasteiger partial charge is 0.225 e. The van der Waals surface area contributed by atoms with Crippen molar-refractivity contribution in [2.45, 2.75) is 19.3 Å². The topological polar surface area (TPSA) is 43.1 Å². The number of rotatable bonds is 1. The van der Waals surface area contributed by atoms with E-state index < -0.39 is 0 Å². The van der Waals surface area contributed by atoms with E-state index in [1.165, 1.54) is 29.0 Å². The van der Waals surface area contributed by atoms with Gasteiger partial charge < -0.3 is 0 Å². The maximum atomic E-state index is 13.1. The molecule has 0 saturated carbocycles. The van der Waals surface area contributed by atoms with Gasteiger partial charge in [-0.05, 0) is 49.1 Å². The molecule has 1 aliphatic carbocycles. The second-order valence-electron chi connectivity index (χ2n) is 5.49. The highest BCUT2D eigenvalue weighted by atomic mass is 32.1. The molecule has 0 amide bonds. The minimum absolute atomic E-state index is 0.257. The van der Waals surface area contributed by atoms with E-state index in [2.05, 4.69) is 15.1 Å². The molecule has 3 heterocycles. The van der Waals surface area contributed by atoms with Crippen LogP contribution >= 0.6 is 11.3 Å². The summed E-state index contributed by atoms with van der Waals surface area (Å²) in [4.78, 5) is 11.7.